The minimum Gasteiger partial charge on any atom is -0.352 e. The zero-order valence-corrected chi connectivity index (χ0v) is 10.4. The summed E-state index contributed by atoms with van der Waals surface area (Å²) in [6.45, 7) is 0.959. The number of nitrogens with two attached hydrogens (primary N) is 1. The lowest BCUT2D eigenvalue weighted by atomic mass is 10.1. The van der Waals surface area contributed by atoms with Crippen LogP contribution in [0.1, 0.15) is 23.2 Å². The molecule has 0 saturated carbocycles. The van der Waals surface area contributed by atoms with E-state index in [1.54, 1.807) is 0 Å². The van der Waals surface area contributed by atoms with Crippen LogP contribution in [0.15, 0.2) is 18.2 Å². The Balaban J connectivity index is 2.81. The molecule has 1 rings (SSSR count). The SMILES string of the molecule is NCCCCNC(=O)c1c(Cl)cccc1[N+](=O)[O-]. The maximum atomic E-state index is 11.8. The quantitative estimate of drug-likeness (QED) is 0.467. The predicted molar refractivity (Wildman–Crippen MR) is 68.7 cm³/mol. The second-order valence-electron chi connectivity index (χ2n) is 3.64. The molecule has 7 heteroatoms. The molecule has 1 amide bonds. The normalized spacial score (nSPS) is 10.1. The van der Waals surface area contributed by atoms with Crippen LogP contribution < -0.4 is 11.1 Å². The molecule has 1 aromatic rings. The van der Waals surface area contributed by atoms with Crippen molar-refractivity contribution in [1.82, 2.24) is 5.32 Å². The van der Waals surface area contributed by atoms with E-state index in [2.05, 4.69) is 5.32 Å². The van der Waals surface area contributed by atoms with Gasteiger partial charge in [0.1, 0.15) is 5.56 Å². The van der Waals surface area contributed by atoms with Crippen molar-refractivity contribution in [2.24, 2.45) is 5.73 Å². The van der Waals surface area contributed by atoms with Crippen molar-refractivity contribution in [3.8, 4) is 0 Å². The van der Waals surface area contributed by atoms with Crippen LogP contribution >= 0.6 is 11.6 Å². The number of nitrogens with zero attached hydrogens (tertiary/aromatic N) is 1. The highest BCUT2D eigenvalue weighted by molar-refractivity contribution is 6.34. The second kappa shape index (κ2) is 6.93. The molecular formula is C11H14ClN3O3. The van der Waals surface area contributed by atoms with E-state index in [9.17, 15) is 14.9 Å². The summed E-state index contributed by atoms with van der Waals surface area (Å²) in [4.78, 5) is 22.0. The molecular weight excluding hydrogens is 258 g/mol. The Labute approximate surface area is 109 Å². The van der Waals surface area contributed by atoms with Gasteiger partial charge in [-0.15, -0.1) is 0 Å². The first-order valence-electron chi connectivity index (χ1n) is 5.49. The molecule has 0 unspecified atom stereocenters. The number of hydrogen-bond donors (Lipinski definition) is 2. The number of nitro benzene ring substituents is 1. The van der Waals surface area contributed by atoms with Crippen LogP contribution in [0.4, 0.5) is 5.69 Å². The van der Waals surface area contributed by atoms with Crippen molar-refractivity contribution in [3.63, 3.8) is 0 Å². The fourth-order valence-corrected chi connectivity index (χ4v) is 1.70. The van der Waals surface area contributed by atoms with Crippen molar-refractivity contribution < 1.29 is 9.72 Å². The summed E-state index contributed by atoms with van der Waals surface area (Å²) < 4.78 is 0. The first-order chi connectivity index (χ1) is 8.57. The fraction of sp³-hybridized carbons (Fsp3) is 0.364. The van der Waals surface area contributed by atoms with Gasteiger partial charge in [0.05, 0.1) is 9.95 Å². The molecule has 6 nitrogen and oxygen atoms in total. The molecule has 98 valence electrons. The minimum atomic E-state index is -0.624. The number of unbranched alkanes of at least 4 members (excludes halogenated alkanes) is 1. The van der Waals surface area contributed by atoms with Crippen LogP contribution in [0.25, 0.3) is 0 Å². The van der Waals surface area contributed by atoms with E-state index >= 15 is 0 Å². The minimum absolute atomic E-state index is 0.0699. The van der Waals surface area contributed by atoms with Gasteiger partial charge in [0.15, 0.2) is 0 Å². The average molecular weight is 272 g/mol. The van der Waals surface area contributed by atoms with Crippen LogP contribution in [0.5, 0.6) is 0 Å². The average Bonchev–Trinajstić information content (AvgIpc) is 2.34. The Morgan fingerprint density at radius 2 is 2.17 bits per heavy atom. The van der Waals surface area contributed by atoms with Gasteiger partial charge in [-0.1, -0.05) is 17.7 Å². The van der Waals surface area contributed by atoms with E-state index in [1.807, 2.05) is 0 Å². The lowest BCUT2D eigenvalue weighted by Gasteiger charge is -2.06. The van der Waals surface area contributed by atoms with Gasteiger partial charge in [-0.05, 0) is 25.5 Å². The highest BCUT2D eigenvalue weighted by Gasteiger charge is 2.22. The Hall–Kier alpha value is -1.66. The van der Waals surface area contributed by atoms with Crippen molar-refractivity contribution in [3.05, 3.63) is 38.9 Å². The molecule has 0 aliphatic heterocycles. The number of benzene rings is 1. The summed E-state index contributed by atoms with van der Waals surface area (Å²) in [5.41, 5.74) is 4.93. The van der Waals surface area contributed by atoms with Gasteiger partial charge < -0.3 is 11.1 Å². The summed E-state index contributed by atoms with van der Waals surface area (Å²) in [5.74, 6) is -0.538. The first-order valence-corrected chi connectivity index (χ1v) is 5.87. The molecule has 18 heavy (non-hydrogen) atoms. The molecule has 0 heterocycles. The van der Waals surface area contributed by atoms with Gasteiger partial charge >= 0.3 is 0 Å². The van der Waals surface area contributed by atoms with Crippen LogP contribution in [0.2, 0.25) is 5.02 Å². The first kappa shape index (κ1) is 14.4. The van der Waals surface area contributed by atoms with Crippen LogP contribution in [0.3, 0.4) is 0 Å². The number of carbonyl (C=O) groups excluding carboxylic acids is 1. The predicted octanol–water partition coefficient (Wildman–Crippen LogP) is 1.72. The van der Waals surface area contributed by atoms with Crippen molar-refractivity contribution in [1.29, 1.82) is 0 Å². The number of rotatable bonds is 6. The topological polar surface area (TPSA) is 98.3 Å². The van der Waals surface area contributed by atoms with Gasteiger partial charge in [-0.3, -0.25) is 14.9 Å². The van der Waals surface area contributed by atoms with Crippen molar-refractivity contribution >= 4 is 23.2 Å². The third-order valence-electron chi connectivity index (χ3n) is 2.33. The second-order valence-corrected chi connectivity index (χ2v) is 4.05. The maximum absolute atomic E-state index is 11.8. The molecule has 0 atom stereocenters. The lowest BCUT2D eigenvalue weighted by molar-refractivity contribution is -0.385. The number of carbonyl (C=O) groups is 1. The number of halogens is 1. The van der Waals surface area contributed by atoms with E-state index in [0.29, 0.717) is 13.1 Å². The zero-order chi connectivity index (χ0) is 13.5. The highest BCUT2D eigenvalue weighted by Crippen LogP contribution is 2.25. The monoisotopic (exact) mass is 271 g/mol. The van der Waals surface area contributed by atoms with Crippen LogP contribution in [-0.4, -0.2) is 23.9 Å². The van der Waals surface area contributed by atoms with E-state index in [4.69, 9.17) is 17.3 Å². The van der Waals surface area contributed by atoms with Gasteiger partial charge in [-0.25, -0.2) is 0 Å². The van der Waals surface area contributed by atoms with Gasteiger partial charge in [0, 0.05) is 12.6 Å². The van der Waals surface area contributed by atoms with Crippen LogP contribution in [0, 0.1) is 10.1 Å². The summed E-state index contributed by atoms with van der Waals surface area (Å²) in [7, 11) is 0. The summed E-state index contributed by atoms with van der Waals surface area (Å²) in [6.07, 6.45) is 1.51. The molecule has 0 aliphatic carbocycles. The highest BCUT2D eigenvalue weighted by atomic mass is 35.5. The summed E-state index contributed by atoms with van der Waals surface area (Å²) in [6, 6.07) is 4.13. The molecule has 1 aromatic carbocycles. The number of hydrogen-bond acceptors (Lipinski definition) is 4. The third kappa shape index (κ3) is 3.68. The van der Waals surface area contributed by atoms with E-state index in [-0.39, 0.29) is 16.3 Å². The standard InChI is InChI=1S/C11H14ClN3O3/c12-8-4-3-5-9(15(17)18)10(8)11(16)14-7-2-1-6-13/h3-5H,1-2,6-7,13H2,(H,14,16). The van der Waals surface area contributed by atoms with Gasteiger partial charge in [-0.2, -0.15) is 0 Å². The van der Waals surface area contributed by atoms with E-state index < -0.39 is 10.8 Å². The van der Waals surface area contributed by atoms with Crippen molar-refractivity contribution in [2.45, 2.75) is 12.8 Å². The smallest absolute Gasteiger partial charge is 0.283 e. The number of amides is 1. The lowest BCUT2D eigenvalue weighted by Crippen LogP contribution is -2.26. The van der Waals surface area contributed by atoms with E-state index in [0.717, 1.165) is 12.8 Å². The van der Waals surface area contributed by atoms with Crippen LogP contribution in [-0.2, 0) is 0 Å². The van der Waals surface area contributed by atoms with Crippen molar-refractivity contribution in [2.75, 3.05) is 13.1 Å². The Bertz CT molecular complexity index is 451. The molecule has 0 fully saturated rings. The fourth-order valence-electron chi connectivity index (χ4n) is 1.45. The number of nitro groups is 1. The summed E-state index contributed by atoms with van der Waals surface area (Å²) in [5, 5.41) is 13.5. The third-order valence-corrected chi connectivity index (χ3v) is 2.65. The molecule has 0 bridgehead atoms. The Morgan fingerprint density at radius 3 is 2.78 bits per heavy atom. The molecule has 0 spiro atoms. The molecule has 0 aliphatic rings. The maximum Gasteiger partial charge on any atom is 0.283 e. The summed E-state index contributed by atoms with van der Waals surface area (Å²) >= 11 is 5.82. The zero-order valence-electron chi connectivity index (χ0n) is 9.69. The number of nitrogens with one attached hydrogen (secondary N) is 1. The molecule has 0 saturated heterocycles. The Morgan fingerprint density at radius 1 is 1.44 bits per heavy atom. The van der Waals surface area contributed by atoms with Gasteiger partial charge in [0.2, 0.25) is 0 Å². The Kier molecular flexibility index (Phi) is 5.54. The molecule has 3 N–H and O–H groups in total. The molecule has 0 radical (unpaired) electrons. The van der Waals surface area contributed by atoms with Gasteiger partial charge in [0.25, 0.3) is 11.6 Å². The largest absolute Gasteiger partial charge is 0.352 e. The molecule has 0 aromatic heterocycles. The van der Waals surface area contributed by atoms with E-state index in [1.165, 1.54) is 18.2 Å².